The van der Waals surface area contributed by atoms with Crippen molar-refractivity contribution in [1.82, 2.24) is 0 Å². The van der Waals surface area contributed by atoms with Gasteiger partial charge in [-0.15, -0.1) is 0 Å². The molecule has 0 heterocycles. The van der Waals surface area contributed by atoms with Crippen molar-refractivity contribution in [3.05, 3.63) is 36.1 Å². The van der Waals surface area contributed by atoms with Crippen LogP contribution in [-0.4, -0.2) is 56.4 Å². The minimum absolute atomic E-state index is 0. The van der Waals surface area contributed by atoms with Crippen LogP contribution in [0.15, 0.2) is 0 Å². The van der Waals surface area contributed by atoms with Gasteiger partial charge in [-0.3, -0.25) is 9.59 Å². The third-order valence-electron chi connectivity index (χ3n) is 3.97. The van der Waals surface area contributed by atoms with E-state index in [4.69, 9.17) is 60.3 Å². The standard InChI is InChI=1S/C6H12N2.C6H8O4.C2H2O4.2ClH.4H2N.3Pt/c7-5-3-1-2-4-6(5)8;7-4(8)6(5(9)10)2-1-3-6;3-1(4)2(5)6;;;;;;;;;/h5-8H,1-4H2;1-3H2,(H,7,8)(H,9,10);(H,3,4)(H,5,6);2*1H;4*1H2;;;/q-2;;;;;4*-1;2*+2;+4/p-2. The Morgan fingerprint density at radius 3 is 1.00 bits per heavy atom. The molecule has 0 radical (unpaired) electrons. The minimum Gasteiger partial charge on any atom is -0.693 e. The first-order valence-corrected chi connectivity index (χ1v) is 13.3. The van der Waals surface area contributed by atoms with Crippen LogP contribution in [0.5, 0.6) is 0 Å². The van der Waals surface area contributed by atoms with Crippen molar-refractivity contribution in [3.63, 3.8) is 0 Å². The van der Waals surface area contributed by atoms with Crippen LogP contribution in [0.25, 0.3) is 36.1 Å². The van der Waals surface area contributed by atoms with Gasteiger partial charge >= 0.3 is 101 Å². The summed E-state index contributed by atoms with van der Waals surface area (Å²) in [6.45, 7) is 0. The molecule has 14 N–H and O–H groups in total. The molecule has 0 saturated heterocycles. The Morgan fingerprint density at radius 1 is 0.697 bits per heavy atom. The maximum Gasteiger partial charge on any atom is 2.00 e. The molecule has 2 rings (SSSR count). The monoisotopic (exact) mass is 1070 g/mol. The number of nitrogens with one attached hydrogen (secondary N) is 2. The Bertz CT molecular complexity index is 487. The molecule has 2 unspecified atom stereocenters. The molecule has 33 heavy (non-hydrogen) atoms. The molecule has 0 bridgehead atoms. The average molecular weight is 1070 g/mol. The van der Waals surface area contributed by atoms with Gasteiger partial charge in [-0.1, -0.05) is 25.7 Å². The van der Waals surface area contributed by atoms with E-state index in [0.29, 0.717) is 6.42 Å². The van der Waals surface area contributed by atoms with E-state index in [2.05, 4.69) is 0 Å². The Labute approximate surface area is 237 Å². The summed E-state index contributed by atoms with van der Waals surface area (Å²) in [7, 11) is 9.75. The van der Waals surface area contributed by atoms with E-state index in [1.165, 1.54) is 12.8 Å². The van der Waals surface area contributed by atoms with Gasteiger partial charge in [-0.25, -0.2) is 9.59 Å². The summed E-state index contributed by atoms with van der Waals surface area (Å²) in [6.07, 6.45) is 5.50. The zero-order chi connectivity index (χ0) is 21.6. The van der Waals surface area contributed by atoms with Crippen molar-refractivity contribution in [2.75, 3.05) is 0 Å². The molecule has 2 saturated carbocycles. The summed E-state index contributed by atoms with van der Waals surface area (Å²) in [5.41, 5.74) is 13.1. The second kappa shape index (κ2) is 30.3. The normalized spacial score (nSPS) is 18.1. The van der Waals surface area contributed by atoms with Crippen LogP contribution >= 0.6 is 18.8 Å². The number of rotatable bonds is 2. The second-order valence-corrected chi connectivity index (χ2v) is 8.98. The van der Waals surface area contributed by atoms with E-state index in [0.717, 1.165) is 12.8 Å². The molecule has 0 aromatic carbocycles. The fourth-order valence-corrected chi connectivity index (χ4v) is 2.18. The summed E-state index contributed by atoms with van der Waals surface area (Å²) >= 11 is -0.472. The molecule has 19 heteroatoms. The zero-order valence-electron chi connectivity index (χ0n) is 17.0. The van der Waals surface area contributed by atoms with Gasteiger partial charge in [0.15, 0.2) is 5.41 Å². The maximum atomic E-state index is 10.4. The molecule has 2 fully saturated rings. The maximum absolute atomic E-state index is 10.4. The van der Waals surface area contributed by atoms with Gasteiger partial charge in [0.2, 0.25) is 0 Å². The van der Waals surface area contributed by atoms with Gasteiger partial charge in [-0.2, -0.15) is 12.1 Å². The van der Waals surface area contributed by atoms with Crippen molar-refractivity contribution < 1.29 is 98.2 Å². The molecule has 0 spiro atoms. The largest absolute Gasteiger partial charge is 2.00 e. The van der Waals surface area contributed by atoms with Crippen LogP contribution in [0.3, 0.4) is 0 Å². The second-order valence-electron chi connectivity index (χ2n) is 5.70. The molecule has 0 aromatic heterocycles. The first kappa shape index (κ1) is 54.3. The predicted octanol–water partition coefficient (Wildman–Crippen LogP) is 6.12. The van der Waals surface area contributed by atoms with Crippen LogP contribution in [-0.2, 0) is 77.8 Å². The first-order valence-electron chi connectivity index (χ1n) is 7.63. The number of nitrogens with two attached hydrogens (primary N) is 4. The van der Waals surface area contributed by atoms with Crippen LogP contribution in [0.2, 0.25) is 0 Å². The molecule has 2 aliphatic rings. The third kappa shape index (κ3) is 23.8. The van der Waals surface area contributed by atoms with Gasteiger partial charge in [0.1, 0.15) is 0 Å². The Balaban J connectivity index is -0.0000000419. The van der Waals surface area contributed by atoms with Crippen molar-refractivity contribution >= 4 is 42.7 Å². The number of aliphatic carboxylic acids is 4. The molecule has 0 aromatic rings. The van der Waals surface area contributed by atoms with Crippen LogP contribution in [0.1, 0.15) is 44.9 Å². The van der Waals surface area contributed by atoms with E-state index in [-0.39, 0.29) is 91.7 Å². The van der Waals surface area contributed by atoms with Crippen molar-refractivity contribution in [2.45, 2.75) is 57.0 Å². The SMILES string of the molecule is O=C(O)C(=O)O.O=C(O)C1(C(=O)O)CCC1.[Cl][Pt+2][Cl].[NH-]C1CCCCC1[NH-].[NH2-].[NH2-].[NH2-].[NH2-].[Pt+2].[Pt+2]. The summed E-state index contributed by atoms with van der Waals surface area (Å²) in [5, 5.41) is 31.7. The van der Waals surface area contributed by atoms with Crippen molar-refractivity contribution in [2.24, 2.45) is 5.41 Å². The quantitative estimate of drug-likeness (QED) is 0.184. The van der Waals surface area contributed by atoms with E-state index in [1.807, 2.05) is 0 Å². The van der Waals surface area contributed by atoms with Crippen LogP contribution in [0.4, 0.5) is 0 Å². The fraction of sp³-hybridized carbons (Fsp3) is 0.714. The van der Waals surface area contributed by atoms with Crippen LogP contribution in [0, 0.1) is 5.41 Å². The minimum atomic E-state index is -1.82. The Morgan fingerprint density at radius 2 is 0.939 bits per heavy atom. The van der Waals surface area contributed by atoms with Gasteiger partial charge in [0.25, 0.3) is 0 Å². The van der Waals surface area contributed by atoms with Gasteiger partial charge in [0.05, 0.1) is 0 Å². The zero-order valence-corrected chi connectivity index (χ0v) is 25.4. The van der Waals surface area contributed by atoms with Gasteiger partial charge < -0.3 is 56.5 Å². The molecule has 0 aliphatic heterocycles. The third-order valence-corrected chi connectivity index (χ3v) is 3.97. The van der Waals surface area contributed by atoms with E-state index in [9.17, 15) is 9.59 Å². The Hall–Kier alpha value is 0.285. The number of hydrogen-bond acceptors (Lipinski definition) is 4. The molecule has 208 valence electrons. The predicted molar refractivity (Wildman–Crippen MR) is 114 cm³/mol. The average Bonchev–Trinajstić information content (AvgIpc) is 2.50. The van der Waals surface area contributed by atoms with E-state index in [1.54, 1.807) is 0 Å². The van der Waals surface area contributed by atoms with E-state index < -0.39 is 45.8 Å². The number of halogens is 2. The molecule has 2 atom stereocenters. The fourth-order valence-electron chi connectivity index (χ4n) is 2.18. The molecular formula is C14H30Cl2N6O8Pt3. The van der Waals surface area contributed by atoms with Gasteiger partial charge in [0, 0.05) is 0 Å². The summed E-state index contributed by atoms with van der Waals surface area (Å²) in [4.78, 5) is 38.9. The topological polar surface area (TPSA) is 331 Å². The van der Waals surface area contributed by atoms with Gasteiger partial charge in [-0.05, 0) is 19.3 Å². The number of hydrogen-bond donors (Lipinski definition) is 4. The molecular weight excluding hydrogens is 1040 g/mol. The molecule has 0 amide bonds. The van der Waals surface area contributed by atoms with E-state index >= 15 is 0 Å². The summed E-state index contributed by atoms with van der Waals surface area (Å²) < 4.78 is 0. The van der Waals surface area contributed by atoms with Crippen molar-refractivity contribution in [3.8, 4) is 0 Å². The summed E-state index contributed by atoms with van der Waals surface area (Å²) in [5.74, 6) is -6.05. The van der Waals surface area contributed by atoms with Crippen LogP contribution < -0.4 is 0 Å². The number of carboxylic acid groups (broad SMARTS) is 4. The molecule has 2 aliphatic carbocycles. The van der Waals surface area contributed by atoms with Crippen molar-refractivity contribution in [1.29, 1.82) is 0 Å². The number of carboxylic acids is 4. The first-order chi connectivity index (χ1) is 12.5. The summed E-state index contributed by atoms with van der Waals surface area (Å²) in [6, 6.07) is -0.160. The smallest absolute Gasteiger partial charge is 0.693 e. The molecule has 14 nitrogen and oxygen atoms in total. The Kier molecular flexibility index (Phi) is 49.9. The number of carbonyl (C=O) groups is 4.